The zero-order valence-electron chi connectivity index (χ0n) is 9.56. The quantitative estimate of drug-likeness (QED) is 0.747. The lowest BCUT2D eigenvalue weighted by Gasteiger charge is -2.11. The van der Waals surface area contributed by atoms with Crippen molar-refractivity contribution < 1.29 is 9.00 Å². The molecule has 16 heavy (non-hydrogen) atoms. The van der Waals surface area contributed by atoms with E-state index in [4.69, 9.17) is 5.73 Å². The Morgan fingerprint density at radius 2 is 2.38 bits per heavy atom. The molecule has 1 aromatic rings. The summed E-state index contributed by atoms with van der Waals surface area (Å²) in [7, 11) is 0.728. The van der Waals surface area contributed by atoms with Gasteiger partial charge < -0.3 is 11.1 Å². The minimum absolute atomic E-state index is 0.155. The van der Waals surface area contributed by atoms with E-state index in [1.54, 1.807) is 20.2 Å². The van der Waals surface area contributed by atoms with Crippen molar-refractivity contribution in [1.29, 1.82) is 0 Å². The van der Waals surface area contributed by atoms with Crippen LogP contribution in [0.2, 0.25) is 0 Å². The molecule has 6 nitrogen and oxygen atoms in total. The minimum Gasteiger partial charge on any atom is -0.383 e. The highest BCUT2D eigenvalue weighted by molar-refractivity contribution is 7.84. The van der Waals surface area contributed by atoms with E-state index in [1.807, 2.05) is 0 Å². The molecule has 0 saturated heterocycles. The SMILES string of the molecule is CC(CS(C)=O)NC(=O)c1cnn(C)c1N. The van der Waals surface area contributed by atoms with E-state index in [2.05, 4.69) is 10.4 Å². The maximum atomic E-state index is 11.7. The predicted molar refractivity (Wildman–Crippen MR) is 63.5 cm³/mol. The molecule has 7 heteroatoms. The van der Waals surface area contributed by atoms with Crippen LogP contribution in [0.25, 0.3) is 0 Å². The Morgan fingerprint density at radius 1 is 1.75 bits per heavy atom. The smallest absolute Gasteiger partial charge is 0.256 e. The molecule has 0 saturated carbocycles. The van der Waals surface area contributed by atoms with E-state index in [9.17, 15) is 9.00 Å². The fourth-order valence-electron chi connectivity index (χ4n) is 1.32. The summed E-state index contributed by atoms with van der Waals surface area (Å²) in [5, 5.41) is 6.59. The highest BCUT2D eigenvalue weighted by Crippen LogP contribution is 2.08. The van der Waals surface area contributed by atoms with E-state index in [-0.39, 0.29) is 11.9 Å². The number of nitrogen functional groups attached to an aromatic ring is 1. The van der Waals surface area contributed by atoms with Crippen LogP contribution in [0.15, 0.2) is 6.20 Å². The van der Waals surface area contributed by atoms with E-state index < -0.39 is 10.8 Å². The molecule has 0 aliphatic heterocycles. The molecule has 0 fully saturated rings. The van der Waals surface area contributed by atoms with Crippen molar-refractivity contribution in [3.8, 4) is 0 Å². The Kier molecular flexibility index (Phi) is 4.05. The summed E-state index contributed by atoms with van der Waals surface area (Å²) in [4.78, 5) is 11.7. The third-order valence-corrected chi connectivity index (χ3v) is 3.06. The molecule has 1 amide bonds. The number of anilines is 1. The molecule has 0 aliphatic rings. The maximum absolute atomic E-state index is 11.7. The molecule has 1 heterocycles. The van der Waals surface area contributed by atoms with Gasteiger partial charge in [0.25, 0.3) is 5.91 Å². The molecular formula is C9H16N4O2S. The first-order valence-electron chi connectivity index (χ1n) is 4.80. The van der Waals surface area contributed by atoms with Gasteiger partial charge >= 0.3 is 0 Å². The Balaban J connectivity index is 2.66. The van der Waals surface area contributed by atoms with Gasteiger partial charge in [0, 0.05) is 35.9 Å². The van der Waals surface area contributed by atoms with Gasteiger partial charge in [-0.3, -0.25) is 13.7 Å². The van der Waals surface area contributed by atoms with Crippen molar-refractivity contribution in [2.24, 2.45) is 7.05 Å². The largest absolute Gasteiger partial charge is 0.383 e. The highest BCUT2D eigenvalue weighted by atomic mass is 32.2. The van der Waals surface area contributed by atoms with E-state index >= 15 is 0 Å². The fraction of sp³-hybridized carbons (Fsp3) is 0.556. The Hall–Kier alpha value is -1.37. The van der Waals surface area contributed by atoms with Crippen molar-refractivity contribution in [3.05, 3.63) is 11.8 Å². The second-order valence-corrected chi connectivity index (χ2v) is 5.16. The maximum Gasteiger partial charge on any atom is 0.256 e. The molecule has 0 radical (unpaired) electrons. The molecule has 0 aliphatic carbocycles. The second kappa shape index (κ2) is 5.11. The number of nitrogens with two attached hydrogens (primary N) is 1. The molecule has 3 N–H and O–H groups in total. The first-order chi connectivity index (χ1) is 7.41. The molecule has 1 aromatic heterocycles. The average Bonchev–Trinajstić information content (AvgIpc) is 2.45. The number of aryl methyl sites for hydroxylation is 1. The molecule has 2 atom stereocenters. The fourth-order valence-corrected chi connectivity index (χ4v) is 2.10. The number of carbonyl (C=O) groups is 1. The lowest BCUT2D eigenvalue weighted by Crippen LogP contribution is -2.36. The van der Waals surface area contributed by atoms with Crippen molar-refractivity contribution >= 4 is 22.5 Å². The monoisotopic (exact) mass is 244 g/mol. The first kappa shape index (κ1) is 12.7. The van der Waals surface area contributed by atoms with Crippen LogP contribution in [-0.4, -0.2) is 37.9 Å². The summed E-state index contributed by atoms with van der Waals surface area (Å²) in [6.07, 6.45) is 3.02. The van der Waals surface area contributed by atoms with Crippen molar-refractivity contribution in [1.82, 2.24) is 15.1 Å². The summed E-state index contributed by atoms with van der Waals surface area (Å²) in [5.74, 6) is 0.456. The Labute approximate surface area is 96.7 Å². The number of aromatic nitrogens is 2. The van der Waals surface area contributed by atoms with Crippen LogP contribution in [0.3, 0.4) is 0 Å². The lowest BCUT2D eigenvalue weighted by molar-refractivity contribution is 0.0944. The molecule has 1 rings (SSSR count). The van der Waals surface area contributed by atoms with Crippen molar-refractivity contribution in [2.45, 2.75) is 13.0 Å². The number of hydrogen-bond donors (Lipinski definition) is 2. The molecule has 90 valence electrons. The van der Waals surface area contributed by atoms with Gasteiger partial charge in [-0.05, 0) is 6.92 Å². The standard InChI is InChI=1S/C9H16N4O2S/c1-6(5-16(3)15)12-9(14)7-4-11-13(2)8(7)10/h4,6H,5,10H2,1-3H3,(H,12,14). The van der Waals surface area contributed by atoms with Crippen LogP contribution in [-0.2, 0) is 17.8 Å². The Bertz CT molecular complexity index is 416. The third-order valence-electron chi connectivity index (χ3n) is 2.09. The number of nitrogens with zero attached hydrogens (tertiary/aromatic N) is 2. The van der Waals surface area contributed by atoms with E-state index in [0.717, 1.165) is 0 Å². The van der Waals surface area contributed by atoms with Gasteiger partial charge in [0.05, 0.1) is 6.20 Å². The van der Waals surface area contributed by atoms with Gasteiger partial charge in [-0.1, -0.05) is 0 Å². The van der Waals surface area contributed by atoms with Crippen LogP contribution < -0.4 is 11.1 Å². The minimum atomic E-state index is -0.935. The summed E-state index contributed by atoms with van der Waals surface area (Å²) in [5.41, 5.74) is 6.00. The van der Waals surface area contributed by atoms with Crippen LogP contribution >= 0.6 is 0 Å². The lowest BCUT2D eigenvalue weighted by atomic mass is 10.3. The zero-order valence-corrected chi connectivity index (χ0v) is 10.4. The second-order valence-electron chi connectivity index (χ2n) is 3.68. The number of nitrogens with one attached hydrogen (secondary N) is 1. The summed E-state index contributed by atoms with van der Waals surface area (Å²) in [6, 6.07) is -0.155. The van der Waals surface area contributed by atoms with Gasteiger partial charge in [-0.15, -0.1) is 0 Å². The van der Waals surface area contributed by atoms with Crippen LogP contribution in [0, 0.1) is 0 Å². The number of hydrogen-bond acceptors (Lipinski definition) is 4. The van der Waals surface area contributed by atoms with Gasteiger partial charge in [-0.25, -0.2) is 0 Å². The zero-order chi connectivity index (χ0) is 12.3. The molecular weight excluding hydrogens is 228 g/mol. The van der Waals surface area contributed by atoms with Crippen LogP contribution in [0.1, 0.15) is 17.3 Å². The van der Waals surface area contributed by atoms with Gasteiger partial charge in [-0.2, -0.15) is 5.10 Å². The summed E-state index contributed by atoms with van der Waals surface area (Å²) < 4.78 is 12.4. The summed E-state index contributed by atoms with van der Waals surface area (Å²) >= 11 is 0. The number of carbonyl (C=O) groups excluding carboxylic acids is 1. The normalized spacial score (nSPS) is 14.4. The van der Waals surface area contributed by atoms with Crippen LogP contribution in [0.5, 0.6) is 0 Å². The molecule has 0 spiro atoms. The van der Waals surface area contributed by atoms with E-state index in [0.29, 0.717) is 17.1 Å². The number of amides is 1. The van der Waals surface area contributed by atoms with Gasteiger partial charge in [0.1, 0.15) is 11.4 Å². The molecule has 0 bridgehead atoms. The third kappa shape index (κ3) is 3.06. The predicted octanol–water partition coefficient (Wildman–Crippen LogP) is -0.501. The van der Waals surface area contributed by atoms with Crippen molar-refractivity contribution in [3.63, 3.8) is 0 Å². The van der Waals surface area contributed by atoms with Crippen LogP contribution in [0.4, 0.5) is 5.82 Å². The number of rotatable bonds is 4. The Morgan fingerprint density at radius 3 is 2.81 bits per heavy atom. The molecule has 2 unspecified atom stereocenters. The molecule has 0 aromatic carbocycles. The van der Waals surface area contributed by atoms with Gasteiger partial charge in [0.2, 0.25) is 0 Å². The van der Waals surface area contributed by atoms with E-state index in [1.165, 1.54) is 10.9 Å². The average molecular weight is 244 g/mol. The first-order valence-corrected chi connectivity index (χ1v) is 6.53. The van der Waals surface area contributed by atoms with Gasteiger partial charge in [0.15, 0.2) is 0 Å². The topological polar surface area (TPSA) is 90.0 Å². The van der Waals surface area contributed by atoms with Crippen molar-refractivity contribution in [2.75, 3.05) is 17.7 Å². The summed E-state index contributed by atoms with van der Waals surface area (Å²) in [6.45, 7) is 1.80. The highest BCUT2D eigenvalue weighted by Gasteiger charge is 2.16.